The fraction of sp³-hybridized carbons (Fsp3) is 0.533. The second-order valence-corrected chi connectivity index (χ2v) is 5.37. The van der Waals surface area contributed by atoms with E-state index in [4.69, 9.17) is 4.74 Å². The molecule has 110 valence electrons. The molecule has 20 heavy (non-hydrogen) atoms. The number of benzene rings is 1. The second kappa shape index (κ2) is 7.26. The fourth-order valence-corrected chi connectivity index (χ4v) is 1.90. The van der Waals surface area contributed by atoms with Crippen molar-refractivity contribution < 1.29 is 9.53 Å². The van der Waals surface area contributed by atoms with Gasteiger partial charge in [-0.15, -0.1) is 0 Å². The molecule has 1 aliphatic rings. The van der Waals surface area contributed by atoms with Gasteiger partial charge in [0.25, 0.3) is 0 Å². The zero-order valence-electron chi connectivity index (χ0n) is 12.2. The normalized spacial score (nSPS) is 14.9. The van der Waals surface area contributed by atoms with Crippen molar-refractivity contribution in [1.82, 2.24) is 15.5 Å². The van der Waals surface area contributed by atoms with Crippen LogP contribution in [0.4, 0.5) is 0 Å². The van der Waals surface area contributed by atoms with E-state index >= 15 is 0 Å². The maximum absolute atomic E-state index is 11.7. The molecule has 5 heteroatoms. The van der Waals surface area contributed by atoms with Crippen LogP contribution in [0.3, 0.4) is 0 Å². The predicted octanol–water partition coefficient (Wildman–Crippen LogP) is 0.463. The van der Waals surface area contributed by atoms with Crippen LogP contribution < -0.4 is 15.4 Å². The second-order valence-electron chi connectivity index (χ2n) is 5.37. The molecule has 1 fully saturated rings. The summed E-state index contributed by atoms with van der Waals surface area (Å²) in [6.45, 7) is 3.69. The highest BCUT2D eigenvalue weighted by atomic mass is 16.5. The van der Waals surface area contributed by atoms with Crippen molar-refractivity contribution in [3.8, 4) is 5.75 Å². The molecule has 0 saturated carbocycles. The highest BCUT2D eigenvalue weighted by molar-refractivity contribution is 5.79. The molecule has 1 heterocycles. The minimum atomic E-state index is 0.127. The zero-order chi connectivity index (χ0) is 14.4. The molecule has 2 rings (SSSR count). The Labute approximate surface area is 120 Å². The van der Waals surface area contributed by atoms with E-state index in [-0.39, 0.29) is 11.8 Å². The van der Waals surface area contributed by atoms with Gasteiger partial charge in [0.2, 0.25) is 5.91 Å². The Morgan fingerprint density at radius 3 is 2.90 bits per heavy atom. The minimum absolute atomic E-state index is 0.127. The van der Waals surface area contributed by atoms with E-state index in [2.05, 4.69) is 15.5 Å². The highest BCUT2D eigenvalue weighted by Gasteiger charge is 2.24. The summed E-state index contributed by atoms with van der Waals surface area (Å²) >= 11 is 0. The zero-order valence-corrected chi connectivity index (χ0v) is 12.2. The number of rotatable bonds is 7. The Kier molecular flexibility index (Phi) is 5.38. The van der Waals surface area contributed by atoms with Gasteiger partial charge in [0.1, 0.15) is 12.4 Å². The number of hydrogen-bond acceptors (Lipinski definition) is 4. The van der Waals surface area contributed by atoms with E-state index in [1.807, 2.05) is 38.4 Å². The van der Waals surface area contributed by atoms with Crippen molar-refractivity contribution in [1.29, 1.82) is 0 Å². The van der Waals surface area contributed by atoms with Gasteiger partial charge in [-0.2, -0.15) is 0 Å². The number of likely N-dealkylation sites (N-methyl/N-ethyl adjacent to an activating group) is 1. The van der Waals surface area contributed by atoms with Crippen molar-refractivity contribution in [2.45, 2.75) is 6.54 Å². The first-order valence-electron chi connectivity index (χ1n) is 7.00. The fourth-order valence-electron chi connectivity index (χ4n) is 1.90. The molecule has 0 unspecified atom stereocenters. The van der Waals surface area contributed by atoms with E-state index in [1.165, 1.54) is 0 Å². The molecule has 5 nitrogen and oxygen atoms in total. The predicted molar refractivity (Wildman–Crippen MR) is 78.7 cm³/mol. The third-order valence-corrected chi connectivity index (χ3v) is 3.32. The SMILES string of the molecule is CN(C)CCOc1cccc(CNC(=O)C2CNC2)c1. The van der Waals surface area contributed by atoms with Gasteiger partial charge in [0.05, 0.1) is 5.92 Å². The molecule has 0 aliphatic carbocycles. The molecule has 1 aromatic rings. The largest absolute Gasteiger partial charge is 0.492 e. The molecular formula is C15H23N3O2. The number of ether oxygens (including phenoxy) is 1. The molecular weight excluding hydrogens is 254 g/mol. The van der Waals surface area contributed by atoms with Crippen LogP contribution >= 0.6 is 0 Å². The maximum atomic E-state index is 11.7. The van der Waals surface area contributed by atoms with Gasteiger partial charge in [0, 0.05) is 26.2 Å². The van der Waals surface area contributed by atoms with E-state index in [9.17, 15) is 4.79 Å². The molecule has 2 N–H and O–H groups in total. The van der Waals surface area contributed by atoms with Crippen LogP contribution in [0.1, 0.15) is 5.56 Å². The number of hydrogen-bond donors (Lipinski definition) is 2. The summed E-state index contributed by atoms with van der Waals surface area (Å²) in [6, 6.07) is 7.88. The number of carbonyl (C=O) groups is 1. The molecule has 1 aliphatic heterocycles. The highest BCUT2D eigenvalue weighted by Crippen LogP contribution is 2.13. The van der Waals surface area contributed by atoms with Crippen LogP contribution in [-0.4, -0.2) is 51.1 Å². The first-order valence-corrected chi connectivity index (χ1v) is 7.00. The minimum Gasteiger partial charge on any atom is -0.492 e. The monoisotopic (exact) mass is 277 g/mol. The number of amides is 1. The smallest absolute Gasteiger partial charge is 0.225 e. The Morgan fingerprint density at radius 2 is 2.25 bits per heavy atom. The van der Waals surface area contributed by atoms with Crippen molar-refractivity contribution in [3.05, 3.63) is 29.8 Å². The Balaban J connectivity index is 1.78. The summed E-state index contributed by atoms with van der Waals surface area (Å²) in [4.78, 5) is 13.8. The molecule has 1 saturated heterocycles. The number of carbonyl (C=O) groups excluding carboxylic acids is 1. The average Bonchev–Trinajstić information content (AvgIpc) is 2.34. The van der Waals surface area contributed by atoms with Gasteiger partial charge in [-0.25, -0.2) is 0 Å². The van der Waals surface area contributed by atoms with Gasteiger partial charge in [0.15, 0.2) is 0 Å². The lowest BCUT2D eigenvalue weighted by Gasteiger charge is -2.25. The number of nitrogens with zero attached hydrogens (tertiary/aromatic N) is 1. The number of nitrogens with one attached hydrogen (secondary N) is 2. The van der Waals surface area contributed by atoms with E-state index in [0.717, 1.165) is 30.9 Å². The average molecular weight is 277 g/mol. The van der Waals surface area contributed by atoms with Gasteiger partial charge in [-0.05, 0) is 31.8 Å². The Bertz CT molecular complexity index is 444. The van der Waals surface area contributed by atoms with E-state index in [0.29, 0.717) is 13.2 Å². The molecule has 1 amide bonds. The lowest BCUT2D eigenvalue weighted by molar-refractivity contribution is -0.126. The molecule has 1 aromatic carbocycles. The summed E-state index contributed by atoms with van der Waals surface area (Å²) in [5, 5.41) is 6.06. The summed E-state index contributed by atoms with van der Waals surface area (Å²) < 4.78 is 5.68. The lowest BCUT2D eigenvalue weighted by Crippen LogP contribution is -2.50. The van der Waals surface area contributed by atoms with Crippen LogP contribution in [0.2, 0.25) is 0 Å². The van der Waals surface area contributed by atoms with Gasteiger partial charge in [-0.1, -0.05) is 12.1 Å². The van der Waals surface area contributed by atoms with Crippen LogP contribution in [0, 0.1) is 5.92 Å². The van der Waals surface area contributed by atoms with Crippen molar-refractivity contribution in [2.75, 3.05) is 40.3 Å². The Hall–Kier alpha value is -1.59. The van der Waals surface area contributed by atoms with Crippen LogP contribution in [0.15, 0.2) is 24.3 Å². The standard InChI is InChI=1S/C15H23N3O2/c1-18(2)6-7-20-14-5-3-4-12(8-14)9-17-15(19)13-10-16-11-13/h3-5,8,13,16H,6-7,9-11H2,1-2H3,(H,17,19). The van der Waals surface area contributed by atoms with Crippen molar-refractivity contribution in [3.63, 3.8) is 0 Å². The molecule has 0 aromatic heterocycles. The Morgan fingerprint density at radius 1 is 1.45 bits per heavy atom. The van der Waals surface area contributed by atoms with Crippen LogP contribution in [0.5, 0.6) is 5.75 Å². The summed E-state index contributed by atoms with van der Waals surface area (Å²) in [7, 11) is 4.04. The summed E-state index contributed by atoms with van der Waals surface area (Å²) in [6.07, 6.45) is 0. The topological polar surface area (TPSA) is 53.6 Å². The first kappa shape index (κ1) is 14.8. The van der Waals surface area contributed by atoms with Crippen LogP contribution in [-0.2, 0) is 11.3 Å². The van der Waals surface area contributed by atoms with Crippen LogP contribution in [0.25, 0.3) is 0 Å². The third-order valence-electron chi connectivity index (χ3n) is 3.32. The van der Waals surface area contributed by atoms with Crippen molar-refractivity contribution in [2.24, 2.45) is 5.92 Å². The molecule has 0 radical (unpaired) electrons. The summed E-state index contributed by atoms with van der Waals surface area (Å²) in [5.74, 6) is 1.11. The summed E-state index contributed by atoms with van der Waals surface area (Å²) in [5.41, 5.74) is 1.06. The molecule has 0 spiro atoms. The lowest BCUT2D eigenvalue weighted by atomic mass is 10.0. The third kappa shape index (κ3) is 4.51. The van der Waals surface area contributed by atoms with Gasteiger partial charge < -0.3 is 20.3 Å². The van der Waals surface area contributed by atoms with E-state index in [1.54, 1.807) is 0 Å². The van der Waals surface area contributed by atoms with Gasteiger partial charge in [-0.3, -0.25) is 4.79 Å². The van der Waals surface area contributed by atoms with E-state index < -0.39 is 0 Å². The molecule has 0 atom stereocenters. The molecule has 0 bridgehead atoms. The van der Waals surface area contributed by atoms with Crippen molar-refractivity contribution >= 4 is 5.91 Å². The maximum Gasteiger partial charge on any atom is 0.225 e. The quantitative estimate of drug-likeness (QED) is 0.760. The van der Waals surface area contributed by atoms with Gasteiger partial charge >= 0.3 is 0 Å². The first-order chi connectivity index (χ1) is 9.65.